The molecule has 0 aliphatic rings. The Hall–Kier alpha value is -3.95. The summed E-state index contributed by atoms with van der Waals surface area (Å²) in [4.78, 5) is 24.2. The van der Waals surface area contributed by atoms with Crippen LogP contribution in [0.2, 0.25) is 0 Å². The molecule has 0 bridgehead atoms. The van der Waals surface area contributed by atoms with Crippen molar-refractivity contribution in [2.45, 2.75) is 13.1 Å². The Bertz CT molecular complexity index is 1170. The highest BCUT2D eigenvalue weighted by Gasteiger charge is 2.34. The number of hydrogen-bond acceptors (Lipinski definition) is 3. The number of imide groups is 1. The number of rotatable bonds is 5. The molecule has 0 heterocycles. The van der Waals surface area contributed by atoms with Crippen LogP contribution in [-0.2, 0) is 6.18 Å². The van der Waals surface area contributed by atoms with Crippen LogP contribution in [0.4, 0.5) is 32.4 Å². The van der Waals surface area contributed by atoms with Crippen molar-refractivity contribution in [3.8, 4) is 16.9 Å². The van der Waals surface area contributed by atoms with Crippen molar-refractivity contribution in [2.24, 2.45) is 0 Å². The molecule has 5 nitrogen and oxygen atoms in total. The Labute approximate surface area is 185 Å². The molecule has 0 aliphatic carbocycles. The summed E-state index contributed by atoms with van der Waals surface area (Å²) < 4.78 is 73.2. The van der Waals surface area contributed by atoms with Gasteiger partial charge in [0.1, 0.15) is 22.9 Å². The summed E-state index contributed by atoms with van der Waals surface area (Å²) in [6.07, 6.45) is -4.60. The van der Waals surface area contributed by atoms with Crippen molar-refractivity contribution >= 4 is 17.6 Å². The van der Waals surface area contributed by atoms with E-state index in [4.69, 9.17) is 4.74 Å². The minimum Gasteiger partial charge on any atom is -0.493 e. The normalized spacial score (nSPS) is 11.1. The third-order valence-corrected chi connectivity index (χ3v) is 4.48. The fraction of sp³-hybridized carbons (Fsp3) is 0.130. The lowest BCUT2D eigenvalue weighted by atomic mass is 9.98. The number of anilines is 1. The quantitative estimate of drug-likeness (QED) is 0.455. The number of halogens is 5. The fourth-order valence-corrected chi connectivity index (χ4v) is 3.11. The van der Waals surface area contributed by atoms with Crippen molar-refractivity contribution in [3.63, 3.8) is 0 Å². The van der Waals surface area contributed by atoms with Crippen molar-refractivity contribution < 1.29 is 36.3 Å². The van der Waals surface area contributed by atoms with Gasteiger partial charge < -0.3 is 10.1 Å². The van der Waals surface area contributed by atoms with Gasteiger partial charge in [-0.15, -0.1) is 0 Å². The zero-order valence-corrected chi connectivity index (χ0v) is 17.1. The van der Waals surface area contributed by atoms with Gasteiger partial charge in [0.15, 0.2) is 0 Å². The molecule has 172 valence electrons. The summed E-state index contributed by atoms with van der Waals surface area (Å²) in [6.45, 7) is 1.76. The van der Waals surface area contributed by atoms with Crippen LogP contribution in [-0.4, -0.2) is 18.5 Å². The van der Waals surface area contributed by atoms with Gasteiger partial charge in [0.25, 0.3) is 5.91 Å². The highest BCUT2D eigenvalue weighted by atomic mass is 19.4. The molecule has 0 aromatic heterocycles. The average Bonchev–Trinajstić information content (AvgIpc) is 2.73. The summed E-state index contributed by atoms with van der Waals surface area (Å²) in [5.74, 6) is -3.54. The van der Waals surface area contributed by atoms with Gasteiger partial charge in [-0.25, -0.2) is 13.6 Å². The standard InChI is InChI=1S/C23H17F5N2O3/c1-2-33-19-12-13(10-11-15(19)14-6-3-4-7-16(14)23(26,27)28)29-22(32)30-21(31)20-17(24)8-5-9-18(20)25/h3-12H,2H2,1H3,(H2,29,30,31,32). The second-order valence-electron chi connectivity index (χ2n) is 6.69. The molecule has 10 heteroatoms. The predicted octanol–water partition coefficient (Wildman–Crippen LogP) is 6.01. The van der Waals surface area contributed by atoms with Crippen molar-refractivity contribution in [1.82, 2.24) is 5.32 Å². The largest absolute Gasteiger partial charge is 0.493 e. The first-order valence-corrected chi connectivity index (χ1v) is 9.61. The predicted molar refractivity (Wildman–Crippen MR) is 111 cm³/mol. The highest BCUT2D eigenvalue weighted by molar-refractivity contribution is 6.08. The number of hydrogen-bond donors (Lipinski definition) is 2. The molecule has 3 rings (SSSR count). The summed E-state index contributed by atoms with van der Waals surface area (Å²) in [5, 5.41) is 4.08. The lowest BCUT2D eigenvalue weighted by molar-refractivity contribution is -0.137. The Morgan fingerprint density at radius 2 is 1.58 bits per heavy atom. The summed E-state index contributed by atoms with van der Waals surface area (Å²) >= 11 is 0. The van der Waals surface area contributed by atoms with Crippen LogP contribution in [0.1, 0.15) is 22.8 Å². The van der Waals surface area contributed by atoms with Gasteiger partial charge in [-0.05, 0) is 42.8 Å². The fourth-order valence-electron chi connectivity index (χ4n) is 3.11. The summed E-state index contributed by atoms with van der Waals surface area (Å²) in [7, 11) is 0. The molecular weight excluding hydrogens is 447 g/mol. The Kier molecular flexibility index (Phi) is 6.95. The molecule has 0 atom stereocenters. The number of benzene rings is 3. The maximum atomic E-state index is 13.7. The number of nitrogens with one attached hydrogen (secondary N) is 2. The van der Waals surface area contributed by atoms with E-state index in [1.54, 1.807) is 12.2 Å². The molecule has 3 amide bonds. The van der Waals surface area contributed by atoms with Gasteiger partial charge in [0.2, 0.25) is 0 Å². The molecular formula is C23H17F5N2O3. The Morgan fingerprint density at radius 1 is 0.909 bits per heavy atom. The molecule has 0 fully saturated rings. The second-order valence-corrected chi connectivity index (χ2v) is 6.69. The minimum absolute atomic E-state index is 0.0541. The molecule has 3 aromatic carbocycles. The van der Waals surface area contributed by atoms with E-state index < -0.39 is 40.9 Å². The third-order valence-electron chi connectivity index (χ3n) is 4.48. The smallest absolute Gasteiger partial charge is 0.417 e. The molecule has 0 unspecified atom stereocenters. The number of amides is 3. The molecule has 0 aliphatic heterocycles. The SMILES string of the molecule is CCOc1cc(NC(=O)NC(=O)c2c(F)cccc2F)ccc1-c1ccccc1C(F)(F)F. The van der Waals surface area contributed by atoms with Crippen molar-refractivity contribution in [1.29, 1.82) is 0 Å². The van der Waals surface area contributed by atoms with E-state index in [0.717, 1.165) is 24.3 Å². The number of carbonyl (C=O) groups excluding carboxylic acids is 2. The number of alkyl halides is 3. The number of carbonyl (C=O) groups is 2. The van der Waals surface area contributed by atoms with E-state index >= 15 is 0 Å². The van der Waals surface area contributed by atoms with Crippen LogP contribution in [0.3, 0.4) is 0 Å². The molecule has 0 saturated carbocycles. The molecule has 2 N–H and O–H groups in total. The first kappa shape index (κ1) is 23.7. The lowest BCUT2D eigenvalue weighted by Gasteiger charge is -2.17. The lowest BCUT2D eigenvalue weighted by Crippen LogP contribution is -2.35. The van der Waals surface area contributed by atoms with Crippen LogP contribution in [0.5, 0.6) is 5.75 Å². The molecule has 0 spiro atoms. The van der Waals surface area contributed by atoms with Gasteiger partial charge in [-0.3, -0.25) is 10.1 Å². The van der Waals surface area contributed by atoms with Gasteiger partial charge in [0.05, 0.1) is 12.2 Å². The Morgan fingerprint density at radius 3 is 2.21 bits per heavy atom. The minimum atomic E-state index is -4.60. The zero-order chi connectivity index (χ0) is 24.2. The molecule has 3 aromatic rings. The first-order chi connectivity index (χ1) is 15.6. The van der Waals surface area contributed by atoms with Crippen molar-refractivity contribution in [2.75, 3.05) is 11.9 Å². The summed E-state index contributed by atoms with van der Waals surface area (Å²) in [5.41, 5.74) is -1.69. The van der Waals surface area contributed by atoms with Crippen LogP contribution < -0.4 is 15.4 Å². The van der Waals surface area contributed by atoms with E-state index in [9.17, 15) is 31.5 Å². The maximum Gasteiger partial charge on any atom is 0.417 e. The average molecular weight is 464 g/mol. The second kappa shape index (κ2) is 9.68. The van der Waals surface area contributed by atoms with Gasteiger partial charge in [-0.2, -0.15) is 13.2 Å². The van der Waals surface area contributed by atoms with Gasteiger partial charge in [0, 0.05) is 17.3 Å². The topological polar surface area (TPSA) is 67.4 Å². The first-order valence-electron chi connectivity index (χ1n) is 9.61. The number of ether oxygens (including phenoxy) is 1. The summed E-state index contributed by atoms with van der Waals surface area (Å²) in [6, 6.07) is 10.5. The van der Waals surface area contributed by atoms with E-state index in [1.165, 1.54) is 36.4 Å². The van der Waals surface area contributed by atoms with E-state index in [2.05, 4.69) is 5.32 Å². The van der Waals surface area contributed by atoms with Crippen LogP contribution in [0, 0.1) is 11.6 Å². The van der Waals surface area contributed by atoms with E-state index in [-0.39, 0.29) is 29.2 Å². The van der Waals surface area contributed by atoms with Crippen molar-refractivity contribution in [3.05, 3.63) is 83.4 Å². The maximum absolute atomic E-state index is 13.7. The van der Waals surface area contributed by atoms with E-state index in [0.29, 0.717) is 0 Å². The molecule has 33 heavy (non-hydrogen) atoms. The number of urea groups is 1. The van der Waals surface area contributed by atoms with Gasteiger partial charge >= 0.3 is 12.2 Å². The van der Waals surface area contributed by atoms with Crippen LogP contribution in [0.15, 0.2) is 60.7 Å². The molecule has 0 saturated heterocycles. The van der Waals surface area contributed by atoms with Crippen LogP contribution in [0.25, 0.3) is 11.1 Å². The van der Waals surface area contributed by atoms with Crippen LogP contribution >= 0.6 is 0 Å². The Balaban J connectivity index is 1.86. The van der Waals surface area contributed by atoms with E-state index in [1.807, 2.05) is 0 Å². The molecule has 0 radical (unpaired) electrons. The monoisotopic (exact) mass is 464 g/mol. The third kappa shape index (κ3) is 5.46. The highest BCUT2D eigenvalue weighted by Crippen LogP contribution is 2.41. The zero-order valence-electron chi connectivity index (χ0n) is 17.1. The van der Waals surface area contributed by atoms with Gasteiger partial charge in [-0.1, -0.05) is 24.3 Å².